The number of rotatable bonds is 7. The van der Waals surface area contributed by atoms with Gasteiger partial charge in [0.15, 0.2) is 5.78 Å². The standard InChI is InChI=1S/C26H20Cl3FN2O4/c27-10-9-20(23(33)13-3-6-17(30)7-4-13)31(24(34)18-8-5-16(28)12-19(18)29)32-25(35)21-14-1-2-15(11-14)22(21)26(32)36/h1-8,12,14-15,20-22H,9-11H2/t14-,15-,20+,21-,22+/m0/s1. The molecule has 1 heterocycles. The summed E-state index contributed by atoms with van der Waals surface area (Å²) in [7, 11) is 0. The average molecular weight is 550 g/mol. The third kappa shape index (κ3) is 4.03. The minimum absolute atomic E-state index is 0.00243. The van der Waals surface area contributed by atoms with Crippen molar-refractivity contribution in [2.24, 2.45) is 23.7 Å². The number of benzene rings is 2. The molecule has 36 heavy (non-hydrogen) atoms. The number of carbonyl (C=O) groups excluding carboxylic acids is 4. The topological polar surface area (TPSA) is 74.8 Å². The summed E-state index contributed by atoms with van der Waals surface area (Å²) in [6.07, 6.45) is 4.51. The number of hydrogen-bond acceptors (Lipinski definition) is 4. The van der Waals surface area contributed by atoms with Crippen molar-refractivity contribution in [2.75, 3.05) is 5.88 Å². The molecule has 1 aliphatic heterocycles. The molecule has 0 aromatic heterocycles. The number of nitrogens with zero attached hydrogens (tertiary/aromatic N) is 2. The Hall–Kier alpha value is -2.74. The normalized spacial score (nSPS) is 24.8. The number of halogens is 4. The number of fused-ring (bicyclic) bond motifs is 5. The summed E-state index contributed by atoms with van der Waals surface area (Å²) in [5.41, 5.74) is 0.0684. The first-order valence-corrected chi connectivity index (χ1v) is 12.7. The van der Waals surface area contributed by atoms with Crippen LogP contribution in [0.15, 0.2) is 54.6 Å². The molecule has 1 saturated heterocycles. The number of ketones is 1. The molecule has 0 radical (unpaired) electrons. The minimum Gasteiger partial charge on any atom is -0.292 e. The van der Waals surface area contributed by atoms with Gasteiger partial charge in [-0.25, -0.2) is 9.40 Å². The summed E-state index contributed by atoms with van der Waals surface area (Å²) in [4.78, 5) is 54.9. The quantitative estimate of drug-likeness (QED) is 0.207. The Kier molecular flexibility index (Phi) is 6.66. The van der Waals surface area contributed by atoms with Crippen LogP contribution in [0.4, 0.5) is 4.39 Å². The number of Topliss-reactive ketones (excluding diaryl/α,β-unsaturated/α-hetero) is 1. The maximum atomic E-state index is 13.9. The summed E-state index contributed by atoms with van der Waals surface area (Å²) < 4.78 is 13.5. The summed E-state index contributed by atoms with van der Waals surface area (Å²) in [5, 5.41) is 1.99. The van der Waals surface area contributed by atoms with Crippen molar-refractivity contribution in [1.82, 2.24) is 10.0 Å². The fourth-order valence-electron chi connectivity index (χ4n) is 5.53. The SMILES string of the molecule is O=C(c1ccc(F)cc1)[C@@H](CCCl)N(C(=O)c1ccc(Cl)cc1Cl)N1C(=O)[C@@H]2[C@H](C1=O)[C@H]1C=C[C@H]2C1. The second-order valence-corrected chi connectivity index (χ2v) is 10.3. The highest BCUT2D eigenvalue weighted by Gasteiger charge is 2.62. The van der Waals surface area contributed by atoms with Crippen LogP contribution in [-0.4, -0.2) is 45.4 Å². The van der Waals surface area contributed by atoms with E-state index in [0.717, 1.165) is 22.2 Å². The molecular formula is C26H20Cl3FN2O4. The van der Waals surface area contributed by atoms with Gasteiger partial charge in [0.1, 0.15) is 11.9 Å². The van der Waals surface area contributed by atoms with E-state index in [0.29, 0.717) is 6.42 Å². The Morgan fingerprint density at radius 3 is 2.17 bits per heavy atom. The molecule has 2 bridgehead atoms. The number of allylic oxidation sites excluding steroid dienone is 2. The van der Waals surface area contributed by atoms with E-state index in [1.165, 1.54) is 30.3 Å². The monoisotopic (exact) mass is 548 g/mol. The van der Waals surface area contributed by atoms with Gasteiger partial charge in [0.05, 0.1) is 22.4 Å². The fourth-order valence-corrected chi connectivity index (χ4v) is 6.23. The first kappa shape index (κ1) is 24.9. The Bertz CT molecular complexity index is 1270. The van der Waals surface area contributed by atoms with Gasteiger partial charge in [-0.15, -0.1) is 11.6 Å². The van der Waals surface area contributed by atoms with Gasteiger partial charge < -0.3 is 0 Å². The summed E-state index contributed by atoms with van der Waals surface area (Å²) >= 11 is 18.3. The Balaban J connectivity index is 1.61. The lowest BCUT2D eigenvalue weighted by Crippen LogP contribution is -2.58. The maximum Gasteiger partial charge on any atom is 0.275 e. The predicted octanol–water partition coefficient (Wildman–Crippen LogP) is 5.18. The third-order valence-corrected chi connectivity index (χ3v) is 7.91. The van der Waals surface area contributed by atoms with Crippen LogP contribution < -0.4 is 0 Å². The molecule has 2 aliphatic carbocycles. The lowest BCUT2D eigenvalue weighted by molar-refractivity contribution is -0.157. The van der Waals surface area contributed by atoms with Gasteiger partial charge in [-0.2, -0.15) is 5.01 Å². The third-order valence-electron chi connectivity index (χ3n) is 7.14. The first-order chi connectivity index (χ1) is 17.2. The van der Waals surface area contributed by atoms with E-state index in [-0.39, 0.29) is 45.3 Å². The molecule has 3 amide bonds. The average Bonchev–Trinajstić information content (AvgIpc) is 3.53. The molecule has 0 spiro atoms. The molecule has 10 heteroatoms. The maximum absolute atomic E-state index is 13.9. The largest absolute Gasteiger partial charge is 0.292 e. The van der Waals surface area contributed by atoms with Crippen molar-refractivity contribution in [3.05, 3.63) is 81.6 Å². The van der Waals surface area contributed by atoms with E-state index in [4.69, 9.17) is 34.8 Å². The number of hydrogen-bond donors (Lipinski definition) is 0. The molecule has 0 N–H and O–H groups in total. The van der Waals surface area contributed by atoms with Crippen molar-refractivity contribution < 1.29 is 23.6 Å². The summed E-state index contributed by atoms with van der Waals surface area (Å²) in [5.74, 6) is -4.46. The smallest absolute Gasteiger partial charge is 0.275 e. The van der Waals surface area contributed by atoms with Crippen molar-refractivity contribution in [3.63, 3.8) is 0 Å². The van der Waals surface area contributed by atoms with Gasteiger partial charge in [-0.05, 0) is 67.1 Å². The Morgan fingerprint density at radius 1 is 1.00 bits per heavy atom. The number of amides is 3. The molecule has 2 fully saturated rings. The van der Waals surface area contributed by atoms with Crippen LogP contribution >= 0.6 is 34.8 Å². The zero-order valence-corrected chi connectivity index (χ0v) is 21.0. The van der Waals surface area contributed by atoms with Crippen LogP contribution in [0.5, 0.6) is 0 Å². The molecule has 3 aliphatic rings. The molecule has 1 saturated carbocycles. The van der Waals surface area contributed by atoms with Crippen molar-refractivity contribution in [1.29, 1.82) is 0 Å². The number of imide groups is 1. The van der Waals surface area contributed by atoms with E-state index in [2.05, 4.69) is 0 Å². The zero-order valence-electron chi connectivity index (χ0n) is 18.7. The molecular weight excluding hydrogens is 530 g/mol. The lowest BCUT2D eigenvalue weighted by Gasteiger charge is -2.37. The Morgan fingerprint density at radius 2 is 1.61 bits per heavy atom. The summed E-state index contributed by atoms with van der Waals surface area (Å²) in [6.45, 7) is 0. The van der Waals surface area contributed by atoms with Crippen molar-refractivity contribution in [3.8, 4) is 0 Å². The van der Waals surface area contributed by atoms with Crippen LogP contribution in [-0.2, 0) is 9.59 Å². The van der Waals surface area contributed by atoms with Crippen LogP contribution in [0, 0.1) is 29.5 Å². The molecule has 2 aromatic rings. The van der Waals surface area contributed by atoms with Gasteiger partial charge in [0.25, 0.3) is 17.7 Å². The van der Waals surface area contributed by atoms with Gasteiger partial charge in [-0.1, -0.05) is 35.4 Å². The van der Waals surface area contributed by atoms with E-state index in [9.17, 15) is 23.6 Å². The molecule has 6 nitrogen and oxygen atoms in total. The number of carbonyl (C=O) groups is 4. The van der Waals surface area contributed by atoms with E-state index in [1.807, 2.05) is 12.2 Å². The highest BCUT2D eigenvalue weighted by atomic mass is 35.5. The van der Waals surface area contributed by atoms with Crippen LogP contribution in [0.2, 0.25) is 10.0 Å². The van der Waals surface area contributed by atoms with Gasteiger partial charge in [0.2, 0.25) is 0 Å². The zero-order chi connectivity index (χ0) is 25.7. The van der Waals surface area contributed by atoms with E-state index < -0.39 is 47.2 Å². The highest BCUT2D eigenvalue weighted by Crippen LogP contribution is 2.53. The molecule has 5 atom stereocenters. The van der Waals surface area contributed by atoms with E-state index >= 15 is 0 Å². The molecule has 2 aromatic carbocycles. The Labute approximate surface area is 221 Å². The number of alkyl halides is 1. The van der Waals surface area contributed by atoms with Crippen LogP contribution in [0.1, 0.15) is 33.6 Å². The summed E-state index contributed by atoms with van der Waals surface area (Å²) in [6, 6.07) is 7.66. The van der Waals surface area contributed by atoms with Crippen molar-refractivity contribution in [2.45, 2.75) is 18.9 Å². The highest BCUT2D eigenvalue weighted by molar-refractivity contribution is 6.36. The number of hydrazine groups is 1. The van der Waals surface area contributed by atoms with Crippen LogP contribution in [0.3, 0.4) is 0 Å². The van der Waals surface area contributed by atoms with E-state index in [1.54, 1.807) is 0 Å². The fraction of sp³-hybridized carbons (Fsp3) is 0.308. The van der Waals surface area contributed by atoms with Crippen LogP contribution in [0.25, 0.3) is 0 Å². The van der Waals surface area contributed by atoms with Gasteiger partial charge in [0, 0.05) is 16.5 Å². The second-order valence-electron chi connectivity index (χ2n) is 9.13. The second kappa shape index (κ2) is 9.61. The predicted molar refractivity (Wildman–Crippen MR) is 132 cm³/mol. The minimum atomic E-state index is -1.32. The molecule has 5 rings (SSSR count). The van der Waals surface area contributed by atoms with Crippen molar-refractivity contribution >= 4 is 58.3 Å². The first-order valence-electron chi connectivity index (χ1n) is 11.4. The van der Waals surface area contributed by atoms with Gasteiger partial charge in [-0.3, -0.25) is 19.2 Å². The van der Waals surface area contributed by atoms with Gasteiger partial charge >= 0.3 is 0 Å². The lowest BCUT2D eigenvalue weighted by atomic mass is 9.85. The molecule has 186 valence electrons. The molecule has 0 unspecified atom stereocenters.